The van der Waals surface area contributed by atoms with Crippen LogP contribution in [-0.2, 0) is 18.0 Å². The minimum atomic E-state index is 0. The molecule has 4 heteroatoms. The Kier molecular flexibility index (Phi) is 15.8. The van der Waals surface area contributed by atoms with Crippen molar-refractivity contribution in [2.45, 2.75) is 117 Å². The number of ether oxygens (including phenoxy) is 1. The Morgan fingerprint density at radius 1 is 0.733 bits per heavy atom. The number of fused-ring (bicyclic) bond motifs is 1. The van der Waals surface area contributed by atoms with E-state index in [1.807, 2.05) is 0 Å². The summed E-state index contributed by atoms with van der Waals surface area (Å²) in [5.41, 5.74) is 2.61. The molecule has 172 valence electrons. The van der Waals surface area contributed by atoms with E-state index in [0.717, 1.165) is 13.2 Å². The van der Waals surface area contributed by atoms with Crippen LogP contribution in [-0.4, -0.2) is 11.2 Å². The molecule has 0 aliphatic rings. The molecule has 0 radical (unpaired) electrons. The Labute approximate surface area is 191 Å². The number of unbranched alkanes of at least 4 members (excludes halogenated alkanes) is 12. The number of nitrogens with zero attached hydrogens (tertiary/aromatic N) is 2. The molecule has 30 heavy (non-hydrogen) atoms. The van der Waals surface area contributed by atoms with Crippen LogP contribution in [0.4, 0.5) is 0 Å². The SMILES string of the molecule is CCCCCCCCCCCCOC[n+]1cn(CCCCCC)c2ccccc21.[Cl-]. The van der Waals surface area contributed by atoms with E-state index in [1.165, 1.54) is 101 Å². The molecule has 0 bridgehead atoms. The first-order valence-corrected chi connectivity index (χ1v) is 12.4. The van der Waals surface area contributed by atoms with E-state index < -0.39 is 0 Å². The molecule has 2 rings (SSSR count). The van der Waals surface area contributed by atoms with Gasteiger partial charge in [-0.3, -0.25) is 0 Å². The summed E-state index contributed by atoms with van der Waals surface area (Å²) < 4.78 is 10.7. The monoisotopic (exact) mass is 436 g/mol. The highest BCUT2D eigenvalue weighted by molar-refractivity contribution is 5.71. The number of imidazole rings is 1. The fraction of sp³-hybridized carbons (Fsp3) is 0.731. The maximum atomic E-state index is 6.01. The lowest BCUT2D eigenvalue weighted by molar-refractivity contribution is -0.710. The molecule has 0 amide bonds. The van der Waals surface area contributed by atoms with E-state index in [-0.39, 0.29) is 12.4 Å². The molecule has 0 aliphatic carbocycles. The Hall–Kier alpha value is -1.06. The Balaban J connectivity index is 0.00000450. The summed E-state index contributed by atoms with van der Waals surface area (Å²) in [6, 6.07) is 8.71. The zero-order chi connectivity index (χ0) is 20.6. The predicted molar refractivity (Wildman–Crippen MR) is 124 cm³/mol. The maximum Gasteiger partial charge on any atom is 0.246 e. The molecule has 1 aromatic carbocycles. The average Bonchev–Trinajstić information content (AvgIpc) is 3.10. The van der Waals surface area contributed by atoms with Crippen molar-refractivity contribution >= 4 is 11.0 Å². The molecule has 0 atom stereocenters. The molecule has 1 heterocycles. The van der Waals surface area contributed by atoms with Gasteiger partial charge in [0.1, 0.15) is 0 Å². The van der Waals surface area contributed by atoms with Crippen LogP contribution >= 0.6 is 0 Å². The van der Waals surface area contributed by atoms with Gasteiger partial charge in [0.05, 0.1) is 13.2 Å². The summed E-state index contributed by atoms with van der Waals surface area (Å²) in [4.78, 5) is 0. The summed E-state index contributed by atoms with van der Waals surface area (Å²) in [6.07, 6.45) is 21.1. The molecule has 0 saturated heterocycles. The molecular weight excluding hydrogens is 392 g/mol. The summed E-state index contributed by atoms with van der Waals surface area (Å²) in [7, 11) is 0. The molecular formula is C26H45ClN2O. The van der Waals surface area contributed by atoms with Gasteiger partial charge >= 0.3 is 0 Å². The number of rotatable bonds is 18. The lowest BCUT2D eigenvalue weighted by Crippen LogP contribution is -3.00. The van der Waals surface area contributed by atoms with Gasteiger partial charge in [0, 0.05) is 0 Å². The Morgan fingerprint density at radius 2 is 1.30 bits per heavy atom. The van der Waals surface area contributed by atoms with Gasteiger partial charge in [0.15, 0.2) is 17.8 Å². The smallest absolute Gasteiger partial charge is 0.246 e. The first-order chi connectivity index (χ1) is 14.4. The second kappa shape index (κ2) is 17.6. The highest BCUT2D eigenvalue weighted by Gasteiger charge is 2.14. The second-order valence-electron chi connectivity index (χ2n) is 8.55. The highest BCUT2D eigenvalue weighted by Crippen LogP contribution is 2.13. The van der Waals surface area contributed by atoms with E-state index in [1.54, 1.807) is 0 Å². The molecule has 1 aromatic heterocycles. The standard InChI is InChI=1S/C26H45N2O.ClH/c1-3-5-7-9-10-11-12-13-14-18-22-29-24-28-23-27(21-17-8-6-4-2)25-19-15-16-20-26(25)28;/h15-16,19-20,23H,3-14,17-18,21-22,24H2,1-2H3;1H/q+1;/p-1. The zero-order valence-corrected chi connectivity index (χ0v) is 20.3. The average molecular weight is 437 g/mol. The van der Waals surface area contributed by atoms with Crippen molar-refractivity contribution in [2.75, 3.05) is 6.61 Å². The fourth-order valence-corrected chi connectivity index (χ4v) is 4.09. The molecule has 2 aromatic rings. The molecule has 0 saturated carbocycles. The normalized spacial score (nSPS) is 11.1. The van der Waals surface area contributed by atoms with Crippen LogP contribution in [0.1, 0.15) is 104 Å². The van der Waals surface area contributed by atoms with E-state index in [0.29, 0.717) is 6.73 Å². The second-order valence-corrected chi connectivity index (χ2v) is 8.55. The lowest BCUT2D eigenvalue weighted by atomic mass is 10.1. The minimum Gasteiger partial charge on any atom is -1.00 e. The quantitative estimate of drug-likeness (QED) is 0.250. The van der Waals surface area contributed by atoms with Gasteiger partial charge in [-0.05, 0) is 31.4 Å². The molecule has 0 N–H and O–H groups in total. The summed E-state index contributed by atoms with van der Waals surface area (Å²) in [6.45, 7) is 7.20. The minimum absolute atomic E-state index is 0. The fourth-order valence-electron chi connectivity index (χ4n) is 4.09. The van der Waals surface area contributed by atoms with Crippen LogP contribution in [0.5, 0.6) is 0 Å². The number of benzene rings is 1. The van der Waals surface area contributed by atoms with Crippen LogP contribution in [0, 0.1) is 0 Å². The third kappa shape index (κ3) is 10.3. The van der Waals surface area contributed by atoms with Gasteiger partial charge in [0.2, 0.25) is 6.33 Å². The van der Waals surface area contributed by atoms with Gasteiger partial charge < -0.3 is 17.1 Å². The summed E-state index contributed by atoms with van der Waals surface area (Å²) >= 11 is 0. The van der Waals surface area contributed by atoms with Crippen molar-refractivity contribution in [1.29, 1.82) is 0 Å². The largest absolute Gasteiger partial charge is 1.00 e. The number of aryl methyl sites for hydroxylation is 1. The van der Waals surface area contributed by atoms with Crippen molar-refractivity contribution in [3.8, 4) is 0 Å². The van der Waals surface area contributed by atoms with Gasteiger partial charge in [-0.2, -0.15) is 0 Å². The van der Waals surface area contributed by atoms with E-state index in [9.17, 15) is 0 Å². The van der Waals surface area contributed by atoms with Crippen molar-refractivity contribution in [1.82, 2.24) is 4.57 Å². The predicted octanol–water partition coefficient (Wildman–Crippen LogP) is 4.41. The summed E-state index contributed by atoms with van der Waals surface area (Å²) in [5.74, 6) is 0. The van der Waals surface area contributed by atoms with Gasteiger partial charge in [0.25, 0.3) is 0 Å². The number of hydrogen-bond donors (Lipinski definition) is 0. The third-order valence-corrected chi connectivity index (χ3v) is 5.90. The summed E-state index contributed by atoms with van der Waals surface area (Å²) in [5, 5.41) is 0. The lowest BCUT2D eigenvalue weighted by Gasteiger charge is -2.03. The molecule has 0 spiro atoms. The molecule has 0 aliphatic heterocycles. The van der Waals surface area contributed by atoms with Crippen molar-refractivity contribution in [2.24, 2.45) is 0 Å². The van der Waals surface area contributed by atoms with Gasteiger partial charge in [-0.15, -0.1) is 0 Å². The van der Waals surface area contributed by atoms with Crippen LogP contribution in [0.3, 0.4) is 0 Å². The topological polar surface area (TPSA) is 18.0 Å². The maximum absolute atomic E-state index is 6.01. The first-order valence-electron chi connectivity index (χ1n) is 12.4. The van der Waals surface area contributed by atoms with E-state index in [2.05, 4.69) is 53.6 Å². The number of aromatic nitrogens is 2. The van der Waals surface area contributed by atoms with Crippen molar-refractivity contribution < 1.29 is 21.7 Å². The van der Waals surface area contributed by atoms with Gasteiger partial charge in [-0.25, -0.2) is 9.13 Å². The van der Waals surface area contributed by atoms with Crippen molar-refractivity contribution in [3.05, 3.63) is 30.6 Å². The van der Waals surface area contributed by atoms with Gasteiger partial charge in [-0.1, -0.05) is 96.6 Å². The van der Waals surface area contributed by atoms with Crippen LogP contribution in [0.2, 0.25) is 0 Å². The van der Waals surface area contributed by atoms with E-state index in [4.69, 9.17) is 4.74 Å². The van der Waals surface area contributed by atoms with Crippen molar-refractivity contribution in [3.63, 3.8) is 0 Å². The highest BCUT2D eigenvalue weighted by atomic mass is 35.5. The molecule has 0 fully saturated rings. The Morgan fingerprint density at radius 3 is 1.97 bits per heavy atom. The van der Waals surface area contributed by atoms with Crippen LogP contribution in [0.25, 0.3) is 11.0 Å². The Bertz CT molecular complexity index is 656. The van der Waals surface area contributed by atoms with Crippen LogP contribution in [0.15, 0.2) is 30.6 Å². The molecule has 0 unspecified atom stereocenters. The van der Waals surface area contributed by atoms with E-state index >= 15 is 0 Å². The third-order valence-electron chi connectivity index (χ3n) is 5.90. The van der Waals surface area contributed by atoms with Crippen LogP contribution < -0.4 is 17.0 Å². The number of halogens is 1. The number of para-hydroxylation sites is 2. The first kappa shape index (κ1) is 27.0. The molecule has 3 nitrogen and oxygen atoms in total. The number of hydrogen-bond acceptors (Lipinski definition) is 1. The zero-order valence-electron chi connectivity index (χ0n) is 19.6.